The third kappa shape index (κ3) is 0.888. The predicted octanol–water partition coefficient (Wildman–Crippen LogP) is 2.37. The Bertz CT molecular complexity index is 361. The quantitative estimate of drug-likeness (QED) is 0.500. The van der Waals surface area contributed by atoms with E-state index in [-0.39, 0.29) is 19.8 Å². The normalized spacial score (nSPS) is 14.8. The first-order chi connectivity index (χ1) is 5.61. The summed E-state index contributed by atoms with van der Waals surface area (Å²) in [4.78, 5) is 21.9. The van der Waals surface area contributed by atoms with Crippen LogP contribution in [-0.4, -0.2) is 11.9 Å². The topological polar surface area (TPSA) is 43.4 Å². The fraction of sp³-hybridized carbons (Fsp3) is 0. The second-order valence-electron chi connectivity index (χ2n) is 2.08. The van der Waals surface area contributed by atoms with E-state index in [1.54, 1.807) is 0 Å². The summed E-state index contributed by atoms with van der Waals surface area (Å²) in [6, 6.07) is 0. The fourth-order valence-corrected chi connectivity index (χ4v) is 2.59. The van der Waals surface area contributed by atoms with Crippen molar-refractivity contribution in [3.8, 4) is 0 Å². The molecule has 0 aliphatic carbocycles. The molecule has 0 radical (unpaired) electrons. The van der Waals surface area contributed by atoms with E-state index in [4.69, 9.17) is 23.2 Å². The molecule has 0 N–H and O–H groups in total. The van der Waals surface area contributed by atoms with Crippen LogP contribution in [0.4, 0.5) is 0 Å². The van der Waals surface area contributed by atoms with Gasteiger partial charge in [-0.05, 0) is 0 Å². The number of esters is 2. The van der Waals surface area contributed by atoms with E-state index in [2.05, 4.69) is 4.74 Å². The number of cyclic esters (lactones) is 2. The van der Waals surface area contributed by atoms with Gasteiger partial charge in [-0.2, -0.15) is 0 Å². The van der Waals surface area contributed by atoms with Crippen LogP contribution in [-0.2, 0) is 4.74 Å². The van der Waals surface area contributed by atoms with E-state index in [9.17, 15) is 9.59 Å². The average molecular weight is 223 g/mol. The summed E-state index contributed by atoms with van der Waals surface area (Å²) in [6.45, 7) is 0. The van der Waals surface area contributed by atoms with Crippen LogP contribution in [0.25, 0.3) is 0 Å². The van der Waals surface area contributed by atoms with Gasteiger partial charge in [-0.25, -0.2) is 9.59 Å². The maximum atomic E-state index is 10.9. The lowest BCUT2D eigenvalue weighted by Crippen LogP contribution is -1.98. The van der Waals surface area contributed by atoms with Crippen molar-refractivity contribution in [3.05, 3.63) is 19.8 Å². The van der Waals surface area contributed by atoms with Crippen molar-refractivity contribution in [3.63, 3.8) is 0 Å². The molecule has 62 valence electrons. The molecule has 0 saturated heterocycles. The van der Waals surface area contributed by atoms with Gasteiger partial charge in [0.05, 0.1) is 0 Å². The molecule has 12 heavy (non-hydrogen) atoms. The molecule has 2 rings (SSSR count). The molecule has 0 aromatic carbocycles. The molecule has 0 fully saturated rings. The van der Waals surface area contributed by atoms with Crippen LogP contribution in [0.2, 0.25) is 8.67 Å². The van der Waals surface area contributed by atoms with Crippen molar-refractivity contribution >= 4 is 46.5 Å². The number of thiophene rings is 1. The number of carbonyl (C=O) groups is 2. The Hall–Kier alpha value is -0.580. The van der Waals surface area contributed by atoms with Gasteiger partial charge in [-0.15, -0.1) is 11.3 Å². The molecule has 0 unspecified atom stereocenters. The minimum Gasteiger partial charge on any atom is -0.386 e. The fourth-order valence-electron chi connectivity index (χ4n) is 0.928. The maximum absolute atomic E-state index is 10.9. The average Bonchev–Trinajstić information content (AvgIpc) is 2.38. The Kier molecular flexibility index (Phi) is 1.64. The van der Waals surface area contributed by atoms with Crippen LogP contribution >= 0.6 is 34.5 Å². The molecular weight excluding hydrogens is 223 g/mol. The van der Waals surface area contributed by atoms with Crippen LogP contribution in [0.3, 0.4) is 0 Å². The van der Waals surface area contributed by atoms with E-state index in [1.165, 1.54) is 0 Å². The molecule has 6 heteroatoms. The first-order valence-electron chi connectivity index (χ1n) is 2.85. The molecule has 3 nitrogen and oxygen atoms in total. The maximum Gasteiger partial charge on any atom is 0.349 e. The molecule has 0 amide bonds. The molecule has 2 heterocycles. The Morgan fingerprint density at radius 2 is 1.42 bits per heavy atom. The largest absolute Gasteiger partial charge is 0.386 e. The van der Waals surface area contributed by atoms with Crippen LogP contribution in [0.15, 0.2) is 0 Å². The van der Waals surface area contributed by atoms with Gasteiger partial charge < -0.3 is 4.74 Å². The zero-order chi connectivity index (χ0) is 8.88. The lowest BCUT2D eigenvalue weighted by Gasteiger charge is -1.87. The van der Waals surface area contributed by atoms with Crippen LogP contribution < -0.4 is 0 Å². The monoisotopic (exact) mass is 222 g/mol. The lowest BCUT2D eigenvalue weighted by molar-refractivity contribution is 0.0444. The third-order valence-corrected chi connectivity index (χ3v) is 3.02. The van der Waals surface area contributed by atoms with E-state index < -0.39 is 11.9 Å². The number of halogens is 2. The van der Waals surface area contributed by atoms with E-state index in [0.29, 0.717) is 0 Å². The highest BCUT2D eigenvalue weighted by atomic mass is 35.5. The van der Waals surface area contributed by atoms with Gasteiger partial charge >= 0.3 is 11.9 Å². The van der Waals surface area contributed by atoms with Crippen molar-refractivity contribution in [2.24, 2.45) is 0 Å². The molecule has 1 aromatic heterocycles. The first kappa shape index (κ1) is 8.04. The van der Waals surface area contributed by atoms with Gasteiger partial charge in [-0.3, -0.25) is 0 Å². The molecule has 0 spiro atoms. The van der Waals surface area contributed by atoms with E-state index in [1.807, 2.05) is 0 Å². The van der Waals surface area contributed by atoms with Gasteiger partial charge in [0.25, 0.3) is 0 Å². The second-order valence-corrected chi connectivity index (χ2v) is 4.30. The number of hydrogen-bond donors (Lipinski definition) is 0. The zero-order valence-corrected chi connectivity index (χ0v) is 7.72. The Morgan fingerprint density at radius 1 is 1.00 bits per heavy atom. The summed E-state index contributed by atoms with van der Waals surface area (Å²) in [7, 11) is 0. The molecule has 0 atom stereocenters. The van der Waals surface area contributed by atoms with Crippen LogP contribution in [0.1, 0.15) is 20.7 Å². The second kappa shape index (κ2) is 2.45. The molecule has 0 saturated carbocycles. The van der Waals surface area contributed by atoms with E-state index >= 15 is 0 Å². The number of hydrogen-bond acceptors (Lipinski definition) is 4. The van der Waals surface area contributed by atoms with Gasteiger partial charge in [0, 0.05) is 0 Å². The SMILES string of the molecule is O=C1OC(=O)c2c(Cl)sc(Cl)c21. The molecule has 1 aliphatic rings. The highest BCUT2D eigenvalue weighted by Crippen LogP contribution is 2.40. The Morgan fingerprint density at radius 3 is 1.83 bits per heavy atom. The van der Waals surface area contributed by atoms with Crippen LogP contribution in [0.5, 0.6) is 0 Å². The number of fused-ring (bicyclic) bond motifs is 1. The summed E-state index contributed by atoms with van der Waals surface area (Å²) in [6.07, 6.45) is 0. The highest BCUT2D eigenvalue weighted by molar-refractivity contribution is 7.20. The molecular formula is C6Cl2O3S. The third-order valence-electron chi connectivity index (χ3n) is 1.42. The van der Waals surface area contributed by atoms with Crippen molar-refractivity contribution in [2.75, 3.05) is 0 Å². The number of ether oxygens (including phenoxy) is 1. The van der Waals surface area contributed by atoms with Crippen molar-refractivity contribution in [2.45, 2.75) is 0 Å². The Labute approximate surface area is 80.8 Å². The molecule has 1 aliphatic heterocycles. The minimum atomic E-state index is -0.719. The van der Waals surface area contributed by atoms with E-state index in [0.717, 1.165) is 11.3 Å². The smallest absolute Gasteiger partial charge is 0.349 e. The van der Waals surface area contributed by atoms with Crippen LogP contribution in [0, 0.1) is 0 Å². The van der Waals surface area contributed by atoms with Gasteiger partial charge in [-0.1, -0.05) is 23.2 Å². The summed E-state index contributed by atoms with van der Waals surface area (Å²) in [5.41, 5.74) is 0.188. The van der Waals surface area contributed by atoms with Crippen molar-refractivity contribution in [1.82, 2.24) is 0 Å². The summed E-state index contributed by atoms with van der Waals surface area (Å²) in [5.74, 6) is -1.44. The van der Waals surface area contributed by atoms with Gasteiger partial charge in [0.15, 0.2) is 0 Å². The molecule has 1 aromatic rings. The van der Waals surface area contributed by atoms with Crippen molar-refractivity contribution in [1.29, 1.82) is 0 Å². The van der Waals surface area contributed by atoms with Crippen molar-refractivity contribution < 1.29 is 14.3 Å². The zero-order valence-electron chi connectivity index (χ0n) is 5.39. The standard InChI is InChI=1S/C6Cl2O3S/c7-3-1-2(4(8)12-3)6(10)11-5(1)9. The van der Waals surface area contributed by atoms with Gasteiger partial charge in [0.1, 0.15) is 19.8 Å². The predicted molar refractivity (Wildman–Crippen MR) is 44.1 cm³/mol. The summed E-state index contributed by atoms with van der Waals surface area (Å²) < 4.78 is 4.69. The Balaban J connectivity index is 2.78. The summed E-state index contributed by atoms with van der Waals surface area (Å²) in [5, 5.41) is 0. The lowest BCUT2D eigenvalue weighted by atomic mass is 10.2. The van der Waals surface area contributed by atoms with Gasteiger partial charge in [0.2, 0.25) is 0 Å². The molecule has 0 bridgehead atoms. The number of carbonyl (C=O) groups excluding carboxylic acids is 2. The minimum absolute atomic E-state index is 0.0941. The summed E-state index contributed by atoms with van der Waals surface area (Å²) >= 11 is 12.3. The first-order valence-corrected chi connectivity index (χ1v) is 4.43. The number of rotatable bonds is 0. The highest BCUT2D eigenvalue weighted by Gasteiger charge is 2.36.